The molecule has 0 aromatic heterocycles. The van der Waals surface area contributed by atoms with E-state index in [2.05, 4.69) is 5.32 Å². The van der Waals surface area contributed by atoms with Crippen LogP contribution in [0.1, 0.15) is 23.1 Å². The van der Waals surface area contributed by atoms with E-state index in [1.54, 1.807) is 24.3 Å². The fourth-order valence-corrected chi connectivity index (χ4v) is 4.21. The molecule has 0 atom stereocenters. The third-order valence-electron chi connectivity index (χ3n) is 5.78. The van der Waals surface area contributed by atoms with Crippen molar-refractivity contribution in [2.75, 3.05) is 17.3 Å². The lowest BCUT2D eigenvalue weighted by molar-refractivity contribution is -0.384. The largest absolute Gasteiger partial charge is 0.495 e. The molecule has 0 heterocycles. The number of carbonyl (C=O) groups excluding carboxylic acids is 2. The highest BCUT2D eigenvalue weighted by Gasteiger charge is 2.25. The number of para-hydroxylation sites is 1. The molecule has 3 amide bonds. The average molecular weight is 460 g/mol. The Kier molecular flexibility index (Phi) is 6.44. The molecular formula is C25H24N4O5. The second-order valence-corrected chi connectivity index (χ2v) is 7.99. The molecule has 3 N–H and O–H groups in total. The van der Waals surface area contributed by atoms with Crippen molar-refractivity contribution in [3.05, 3.63) is 87.5 Å². The van der Waals surface area contributed by atoms with E-state index in [0.717, 1.165) is 24.8 Å². The van der Waals surface area contributed by atoms with Crippen molar-refractivity contribution in [2.45, 2.75) is 25.7 Å². The summed E-state index contributed by atoms with van der Waals surface area (Å²) in [5.41, 5.74) is 9.50. The first-order chi connectivity index (χ1) is 16.4. The van der Waals surface area contributed by atoms with Crippen LogP contribution in [0.2, 0.25) is 0 Å². The third kappa shape index (κ3) is 4.68. The van der Waals surface area contributed by atoms with Crippen molar-refractivity contribution < 1.29 is 19.2 Å². The second-order valence-electron chi connectivity index (χ2n) is 7.99. The number of hydrogen-bond acceptors (Lipinski definition) is 5. The van der Waals surface area contributed by atoms with E-state index in [1.165, 1.54) is 35.8 Å². The molecule has 3 aromatic carbocycles. The van der Waals surface area contributed by atoms with Gasteiger partial charge in [-0.3, -0.25) is 19.8 Å². The summed E-state index contributed by atoms with van der Waals surface area (Å²) >= 11 is 0. The smallest absolute Gasteiger partial charge is 0.331 e. The maximum atomic E-state index is 13.7. The van der Waals surface area contributed by atoms with Crippen LogP contribution in [0.15, 0.2) is 60.7 Å². The van der Waals surface area contributed by atoms with Crippen molar-refractivity contribution in [1.82, 2.24) is 0 Å². The summed E-state index contributed by atoms with van der Waals surface area (Å²) in [6.45, 7) is 0. The number of methoxy groups -OCH3 is 1. The summed E-state index contributed by atoms with van der Waals surface area (Å²) in [6.07, 6.45) is 2.91. The van der Waals surface area contributed by atoms with Gasteiger partial charge in [-0.25, -0.2) is 4.79 Å². The fourth-order valence-electron chi connectivity index (χ4n) is 4.21. The fraction of sp³-hybridized carbons (Fsp3) is 0.200. The molecule has 0 radical (unpaired) electrons. The number of nitrogens with two attached hydrogens (primary N) is 1. The Morgan fingerprint density at radius 3 is 2.59 bits per heavy atom. The summed E-state index contributed by atoms with van der Waals surface area (Å²) in [6, 6.07) is 16.2. The second kappa shape index (κ2) is 9.62. The van der Waals surface area contributed by atoms with Crippen molar-refractivity contribution in [1.29, 1.82) is 0 Å². The predicted octanol–water partition coefficient (Wildman–Crippen LogP) is 4.49. The summed E-state index contributed by atoms with van der Waals surface area (Å²) in [4.78, 5) is 37.6. The van der Waals surface area contributed by atoms with Crippen LogP contribution in [0.25, 0.3) is 0 Å². The first kappa shape index (κ1) is 22.8. The zero-order valence-electron chi connectivity index (χ0n) is 18.6. The predicted molar refractivity (Wildman–Crippen MR) is 129 cm³/mol. The van der Waals surface area contributed by atoms with Gasteiger partial charge in [-0.15, -0.1) is 0 Å². The van der Waals surface area contributed by atoms with E-state index in [9.17, 15) is 19.7 Å². The third-order valence-corrected chi connectivity index (χ3v) is 5.78. The Labute approximate surface area is 196 Å². The van der Waals surface area contributed by atoms with Gasteiger partial charge in [-0.05, 0) is 60.2 Å². The van der Waals surface area contributed by atoms with E-state index >= 15 is 0 Å². The molecule has 0 spiro atoms. The van der Waals surface area contributed by atoms with Gasteiger partial charge in [-0.2, -0.15) is 0 Å². The first-order valence-electron chi connectivity index (χ1n) is 10.8. The lowest BCUT2D eigenvalue weighted by Crippen LogP contribution is -2.32. The van der Waals surface area contributed by atoms with Crippen LogP contribution in [0.4, 0.5) is 27.5 Å². The maximum Gasteiger partial charge on any atom is 0.331 e. The standard InChI is InChI=1S/C25H24N4O5/c1-34-23-12-11-20(29(32)33)15-21(23)27-25(31)28(19-10-9-16-6-4-7-17(16)13-19)22-8-3-2-5-18(22)14-24(26)30/h2-3,5,8-13,15H,4,6-7,14H2,1H3,(H2,26,30)(H,27,31). The number of amides is 3. The Morgan fingerprint density at radius 1 is 1.09 bits per heavy atom. The van der Waals surface area contributed by atoms with E-state index in [-0.39, 0.29) is 23.5 Å². The molecule has 9 heteroatoms. The van der Waals surface area contributed by atoms with Crippen molar-refractivity contribution >= 4 is 34.7 Å². The normalized spacial score (nSPS) is 12.0. The van der Waals surface area contributed by atoms with Crippen LogP contribution >= 0.6 is 0 Å². The molecule has 0 fully saturated rings. The van der Waals surface area contributed by atoms with Crippen LogP contribution in [-0.2, 0) is 24.1 Å². The number of primary amides is 1. The summed E-state index contributed by atoms with van der Waals surface area (Å²) in [7, 11) is 1.41. The Hall–Kier alpha value is -4.40. The van der Waals surface area contributed by atoms with Gasteiger partial charge in [0.1, 0.15) is 5.75 Å². The molecule has 0 saturated carbocycles. The lowest BCUT2D eigenvalue weighted by Gasteiger charge is -2.26. The zero-order valence-corrected chi connectivity index (χ0v) is 18.6. The van der Waals surface area contributed by atoms with Crippen LogP contribution < -0.4 is 20.7 Å². The quantitative estimate of drug-likeness (QED) is 0.397. The van der Waals surface area contributed by atoms with E-state index in [4.69, 9.17) is 10.5 Å². The number of anilines is 3. The minimum atomic E-state index is -0.561. The molecule has 34 heavy (non-hydrogen) atoms. The van der Waals surface area contributed by atoms with Crippen molar-refractivity contribution in [3.8, 4) is 5.75 Å². The first-order valence-corrected chi connectivity index (χ1v) is 10.8. The van der Waals surface area contributed by atoms with E-state index < -0.39 is 16.9 Å². The molecule has 3 aromatic rings. The van der Waals surface area contributed by atoms with Gasteiger partial charge in [0.25, 0.3) is 5.69 Å². The number of nitrogens with one attached hydrogen (secondary N) is 1. The van der Waals surface area contributed by atoms with Gasteiger partial charge in [-0.1, -0.05) is 24.3 Å². The van der Waals surface area contributed by atoms with Crippen molar-refractivity contribution in [3.63, 3.8) is 0 Å². The summed E-state index contributed by atoms with van der Waals surface area (Å²) in [5, 5.41) is 14.0. The number of ether oxygens (including phenoxy) is 1. The minimum absolute atomic E-state index is 0.0506. The number of non-ortho nitro benzene ring substituents is 1. The van der Waals surface area contributed by atoms with Crippen LogP contribution in [0.3, 0.4) is 0 Å². The molecule has 0 saturated heterocycles. The van der Waals surface area contributed by atoms with Crippen LogP contribution in [0.5, 0.6) is 5.75 Å². The molecule has 9 nitrogen and oxygen atoms in total. The van der Waals surface area contributed by atoms with Crippen LogP contribution in [0, 0.1) is 10.1 Å². The number of urea groups is 1. The zero-order chi connectivity index (χ0) is 24.2. The SMILES string of the molecule is COc1ccc([N+](=O)[O-])cc1NC(=O)N(c1ccc2c(c1)CCC2)c1ccccc1CC(N)=O. The number of hydrogen-bond donors (Lipinski definition) is 2. The molecule has 1 aliphatic rings. The monoisotopic (exact) mass is 460 g/mol. The van der Waals surface area contributed by atoms with Gasteiger partial charge >= 0.3 is 6.03 Å². The summed E-state index contributed by atoms with van der Waals surface area (Å²) in [5.74, 6) is -0.250. The van der Waals surface area contributed by atoms with Gasteiger partial charge in [0.2, 0.25) is 5.91 Å². The maximum absolute atomic E-state index is 13.7. The van der Waals surface area contributed by atoms with Gasteiger partial charge in [0.15, 0.2) is 0 Å². The highest BCUT2D eigenvalue weighted by Crippen LogP contribution is 2.35. The number of nitro groups is 1. The molecule has 1 aliphatic carbocycles. The number of carbonyl (C=O) groups is 2. The highest BCUT2D eigenvalue weighted by atomic mass is 16.6. The molecular weight excluding hydrogens is 436 g/mol. The molecule has 4 rings (SSSR count). The molecule has 174 valence electrons. The number of rotatable bonds is 7. The van der Waals surface area contributed by atoms with Gasteiger partial charge in [0.05, 0.1) is 35.5 Å². The topological polar surface area (TPSA) is 128 Å². The highest BCUT2D eigenvalue weighted by molar-refractivity contribution is 6.08. The van der Waals surface area contributed by atoms with E-state index in [1.807, 2.05) is 18.2 Å². The number of fused-ring (bicyclic) bond motifs is 1. The number of aryl methyl sites for hydroxylation is 2. The molecule has 0 aliphatic heterocycles. The summed E-state index contributed by atoms with van der Waals surface area (Å²) < 4.78 is 5.29. The minimum Gasteiger partial charge on any atom is -0.495 e. The van der Waals surface area contributed by atoms with Crippen molar-refractivity contribution in [2.24, 2.45) is 5.73 Å². The van der Waals surface area contributed by atoms with Gasteiger partial charge < -0.3 is 15.8 Å². The van der Waals surface area contributed by atoms with Crippen LogP contribution in [-0.4, -0.2) is 24.0 Å². The lowest BCUT2D eigenvalue weighted by atomic mass is 10.1. The number of nitrogens with zero attached hydrogens (tertiary/aromatic N) is 2. The molecule has 0 bridgehead atoms. The van der Waals surface area contributed by atoms with E-state index in [0.29, 0.717) is 16.9 Å². The average Bonchev–Trinajstić information content (AvgIpc) is 3.28. The Balaban J connectivity index is 1.80. The van der Waals surface area contributed by atoms with Gasteiger partial charge in [0, 0.05) is 12.1 Å². The Bertz CT molecular complexity index is 1270. The molecule has 0 unspecified atom stereocenters. The number of nitro benzene ring substituents is 1. The number of benzene rings is 3. The Morgan fingerprint density at radius 2 is 1.85 bits per heavy atom.